The molecule has 0 spiro atoms. The van der Waals surface area contributed by atoms with Gasteiger partial charge in [0.15, 0.2) is 9.84 Å². The first-order valence-electron chi connectivity index (χ1n) is 7.07. The van der Waals surface area contributed by atoms with Gasteiger partial charge in [-0.05, 0) is 38.3 Å². The van der Waals surface area contributed by atoms with Crippen LogP contribution in [0.2, 0.25) is 0 Å². The monoisotopic (exact) mass is 283 g/mol. The van der Waals surface area contributed by atoms with Crippen molar-refractivity contribution in [1.82, 2.24) is 14.9 Å². The van der Waals surface area contributed by atoms with Crippen molar-refractivity contribution < 1.29 is 8.42 Å². The van der Waals surface area contributed by atoms with Crippen LogP contribution in [0.5, 0.6) is 0 Å². The molecule has 5 nitrogen and oxygen atoms in total. The minimum Gasteiger partial charge on any atom is -0.332 e. The zero-order chi connectivity index (χ0) is 13.3. The topological polar surface area (TPSA) is 64.0 Å². The largest absolute Gasteiger partial charge is 0.332 e. The van der Waals surface area contributed by atoms with Gasteiger partial charge < -0.3 is 9.88 Å². The van der Waals surface area contributed by atoms with Crippen LogP contribution in [-0.2, 0) is 16.3 Å². The lowest BCUT2D eigenvalue weighted by molar-refractivity contribution is 0.355. The Bertz CT molecular complexity index is 532. The van der Waals surface area contributed by atoms with Crippen LogP contribution < -0.4 is 5.32 Å². The molecule has 106 valence electrons. The molecule has 1 unspecified atom stereocenters. The lowest BCUT2D eigenvalue weighted by atomic mass is 10.0. The van der Waals surface area contributed by atoms with Crippen LogP contribution in [0.1, 0.15) is 31.1 Å². The first-order valence-corrected chi connectivity index (χ1v) is 8.89. The van der Waals surface area contributed by atoms with Crippen LogP contribution in [0.3, 0.4) is 0 Å². The number of piperidine rings is 1. The molecule has 3 heterocycles. The van der Waals surface area contributed by atoms with Gasteiger partial charge in [-0.3, -0.25) is 0 Å². The van der Waals surface area contributed by atoms with Gasteiger partial charge >= 0.3 is 0 Å². The number of aromatic nitrogens is 2. The fourth-order valence-corrected chi connectivity index (χ4v) is 5.07. The van der Waals surface area contributed by atoms with E-state index in [0.717, 1.165) is 44.6 Å². The molecule has 6 heteroatoms. The number of hydrogen-bond donors (Lipinski definition) is 1. The van der Waals surface area contributed by atoms with E-state index < -0.39 is 9.84 Å². The first-order chi connectivity index (χ1) is 9.14. The highest BCUT2D eigenvalue weighted by Gasteiger charge is 2.29. The summed E-state index contributed by atoms with van der Waals surface area (Å²) >= 11 is 0. The molecule has 2 fully saturated rings. The lowest BCUT2D eigenvalue weighted by Crippen LogP contribution is -2.30. The van der Waals surface area contributed by atoms with Crippen LogP contribution in [0.15, 0.2) is 12.4 Å². The summed E-state index contributed by atoms with van der Waals surface area (Å²) in [5.41, 5.74) is 0. The Labute approximate surface area is 114 Å². The van der Waals surface area contributed by atoms with Crippen molar-refractivity contribution in [2.24, 2.45) is 5.92 Å². The molecule has 2 saturated heterocycles. The smallest absolute Gasteiger partial charge is 0.150 e. The van der Waals surface area contributed by atoms with E-state index >= 15 is 0 Å². The fourth-order valence-electron chi connectivity index (χ4n) is 3.21. The quantitative estimate of drug-likeness (QED) is 0.890. The Hall–Kier alpha value is -0.880. The minimum absolute atomic E-state index is 0.257. The van der Waals surface area contributed by atoms with Crippen molar-refractivity contribution >= 4 is 9.84 Å². The van der Waals surface area contributed by atoms with E-state index in [1.54, 1.807) is 0 Å². The van der Waals surface area contributed by atoms with E-state index in [1.165, 1.54) is 0 Å². The van der Waals surface area contributed by atoms with E-state index in [0.29, 0.717) is 17.5 Å². The molecule has 1 atom stereocenters. The summed E-state index contributed by atoms with van der Waals surface area (Å²) in [6, 6.07) is 0.525. The minimum atomic E-state index is -2.78. The van der Waals surface area contributed by atoms with E-state index in [9.17, 15) is 8.42 Å². The van der Waals surface area contributed by atoms with Crippen LogP contribution in [0.4, 0.5) is 0 Å². The van der Waals surface area contributed by atoms with Crippen molar-refractivity contribution in [3.05, 3.63) is 18.2 Å². The molecule has 3 rings (SSSR count). The molecule has 19 heavy (non-hydrogen) atoms. The number of rotatable bonds is 3. The molecule has 2 aliphatic rings. The Morgan fingerprint density at radius 2 is 2.11 bits per heavy atom. The third kappa shape index (κ3) is 3.00. The zero-order valence-electron chi connectivity index (χ0n) is 11.1. The van der Waals surface area contributed by atoms with Gasteiger partial charge in [0.25, 0.3) is 0 Å². The van der Waals surface area contributed by atoms with Crippen LogP contribution in [0.25, 0.3) is 0 Å². The predicted molar refractivity (Wildman–Crippen MR) is 73.8 cm³/mol. The molecule has 2 aliphatic heterocycles. The zero-order valence-corrected chi connectivity index (χ0v) is 11.9. The van der Waals surface area contributed by atoms with Gasteiger partial charge in [-0.2, -0.15) is 0 Å². The van der Waals surface area contributed by atoms with Gasteiger partial charge in [0, 0.05) is 24.9 Å². The maximum absolute atomic E-state index is 11.5. The van der Waals surface area contributed by atoms with Gasteiger partial charge in [-0.1, -0.05) is 0 Å². The summed E-state index contributed by atoms with van der Waals surface area (Å²) in [5.74, 6) is 2.01. The predicted octanol–water partition coefficient (Wildman–Crippen LogP) is 0.785. The van der Waals surface area contributed by atoms with E-state index in [4.69, 9.17) is 0 Å². The second-order valence-electron chi connectivity index (χ2n) is 5.71. The van der Waals surface area contributed by atoms with Crippen LogP contribution in [0, 0.1) is 5.92 Å². The molecule has 0 bridgehead atoms. The van der Waals surface area contributed by atoms with Gasteiger partial charge in [0.05, 0.1) is 11.5 Å². The summed E-state index contributed by atoms with van der Waals surface area (Å²) in [5, 5.41) is 3.37. The van der Waals surface area contributed by atoms with Crippen molar-refractivity contribution in [3.63, 3.8) is 0 Å². The van der Waals surface area contributed by atoms with Crippen LogP contribution in [-0.4, -0.2) is 42.6 Å². The Morgan fingerprint density at radius 1 is 1.32 bits per heavy atom. The van der Waals surface area contributed by atoms with Crippen LogP contribution >= 0.6 is 0 Å². The number of nitrogens with zero attached hydrogens (tertiary/aromatic N) is 2. The van der Waals surface area contributed by atoms with Gasteiger partial charge in [0.1, 0.15) is 5.82 Å². The van der Waals surface area contributed by atoms with Crippen molar-refractivity contribution in [1.29, 1.82) is 0 Å². The average Bonchev–Trinajstić information content (AvgIpc) is 2.98. The molecule has 1 aromatic rings. The average molecular weight is 283 g/mol. The summed E-state index contributed by atoms with van der Waals surface area (Å²) in [4.78, 5) is 4.45. The highest BCUT2D eigenvalue weighted by atomic mass is 32.2. The van der Waals surface area contributed by atoms with Crippen molar-refractivity contribution in [2.45, 2.75) is 31.7 Å². The molecular weight excluding hydrogens is 262 g/mol. The maximum Gasteiger partial charge on any atom is 0.150 e. The molecule has 0 saturated carbocycles. The van der Waals surface area contributed by atoms with Gasteiger partial charge in [-0.15, -0.1) is 0 Å². The molecule has 0 aromatic carbocycles. The van der Waals surface area contributed by atoms with Crippen molar-refractivity contribution in [2.75, 3.05) is 24.6 Å². The summed E-state index contributed by atoms with van der Waals surface area (Å²) in [6.07, 6.45) is 7.76. The Morgan fingerprint density at radius 3 is 2.79 bits per heavy atom. The van der Waals surface area contributed by atoms with E-state index in [-0.39, 0.29) is 5.92 Å². The molecule has 0 radical (unpaired) electrons. The fraction of sp³-hybridized carbons (Fsp3) is 0.769. The standard InChI is InChI=1S/C13H21N3O2S/c17-19(18)8-3-11(10-19)9-13-15-6-7-16(13)12-1-4-14-5-2-12/h6-7,11-12,14H,1-5,8-10H2. The van der Waals surface area contributed by atoms with Crippen molar-refractivity contribution in [3.8, 4) is 0 Å². The highest BCUT2D eigenvalue weighted by Crippen LogP contribution is 2.25. The van der Waals surface area contributed by atoms with E-state index in [1.807, 2.05) is 6.20 Å². The van der Waals surface area contributed by atoms with E-state index in [2.05, 4.69) is 21.1 Å². The third-order valence-corrected chi connectivity index (χ3v) is 6.09. The van der Waals surface area contributed by atoms with Gasteiger partial charge in [0.2, 0.25) is 0 Å². The number of sulfone groups is 1. The number of nitrogens with one attached hydrogen (secondary N) is 1. The maximum atomic E-state index is 11.5. The third-order valence-electron chi connectivity index (χ3n) is 4.25. The molecular formula is C13H21N3O2S. The second kappa shape index (κ2) is 5.25. The summed E-state index contributed by atoms with van der Waals surface area (Å²) in [7, 11) is -2.78. The summed E-state index contributed by atoms with van der Waals surface area (Å²) < 4.78 is 25.3. The first kappa shape index (κ1) is 13.1. The SMILES string of the molecule is O=S1(=O)CCC(Cc2nccn2C2CCNCC2)C1. The highest BCUT2D eigenvalue weighted by molar-refractivity contribution is 7.91. The number of imidazole rings is 1. The molecule has 1 aromatic heterocycles. The number of hydrogen-bond acceptors (Lipinski definition) is 4. The molecule has 0 aliphatic carbocycles. The Balaban J connectivity index is 1.70. The Kier molecular flexibility index (Phi) is 3.62. The molecule has 0 amide bonds. The lowest BCUT2D eigenvalue weighted by Gasteiger charge is -2.26. The summed E-state index contributed by atoms with van der Waals surface area (Å²) in [6.45, 7) is 2.11. The normalized spacial score (nSPS) is 27.7. The second-order valence-corrected chi connectivity index (χ2v) is 7.93. The molecule has 1 N–H and O–H groups in total. The van der Waals surface area contributed by atoms with Gasteiger partial charge in [-0.25, -0.2) is 13.4 Å².